The van der Waals surface area contributed by atoms with Crippen LogP contribution in [0.15, 0.2) is 46.9 Å². The minimum atomic E-state index is -0.873. The maximum Gasteiger partial charge on any atom is 0.257 e. The number of benzene rings is 2. The predicted molar refractivity (Wildman–Crippen MR) is 81.2 cm³/mol. The smallest absolute Gasteiger partial charge is 0.257 e. The third kappa shape index (κ3) is 4.36. The minimum absolute atomic E-state index is 0.262. The number of halogens is 3. The molecule has 0 heterocycles. The van der Waals surface area contributed by atoms with E-state index in [2.05, 4.69) is 21.2 Å². The number of nitrogens with one attached hydrogen (secondary N) is 1. The SMILES string of the molecule is O=C(NCCCc1ccccc1)c1c(F)cc(Br)cc1F. The van der Waals surface area contributed by atoms with Gasteiger partial charge < -0.3 is 5.32 Å². The van der Waals surface area contributed by atoms with Gasteiger partial charge in [0.2, 0.25) is 0 Å². The summed E-state index contributed by atoms with van der Waals surface area (Å²) in [7, 11) is 0. The zero-order valence-corrected chi connectivity index (χ0v) is 12.8. The average molecular weight is 354 g/mol. The molecule has 0 aromatic heterocycles. The van der Waals surface area contributed by atoms with E-state index in [0.717, 1.165) is 24.1 Å². The van der Waals surface area contributed by atoms with E-state index in [0.29, 0.717) is 13.0 Å². The van der Waals surface area contributed by atoms with Gasteiger partial charge in [0.25, 0.3) is 5.91 Å². The summed E-state index contributed by atoms with van der Waals surface area (Å²) in [6, 6.07) is 12.0. The Morgan fingerprint density at radius 3 is 2.33 bits per heavy atom. The van der Waals surface area contributed by atoms with Gasteiger partial charge in [-0.2, -0.15) is 0 Å². The molecule has 0 saturated heterocycles. The molecule has 2 aromatic rings. The number of hydrogen-bond acceptors (Lipinski definition) is 1. The van der Waals surface area contributed by atoms with Crippen LogP contribution in [0.2, 0.25) is 0 Å². The maximum atomic E-state index is 13.6. The lowest BCUT2D eigenvalue weighted by molar-refractivity contribution is 0.0944. The summed E-state index contributed by atoms with van der Waals surface area (Å²) >= 11 is 2.97. The van der Waals surface area contributed by atoms with E-state index in [1.54, 1.807) is 0 Å². The van der Waals surface area contributed by atoms with Crippen LogP contribution in [0.4, 0.5) is 8.78 Å². The van der Waals surface area contributed by atoms with Crippen molar-refractivity contribution in [1.82, 2.24) is 5.32 Å². The molecule has 0 bridgehead atoms. The van der Waals surface area contributed by atoms with Crippen LogP contribution >= 0.6 is 15.9 Å². The largest absolute Gasteiger partial charge is 0.352 e. The summed E-state index contributed by atoms with van der Waals surface area (Å²) in [5.74, 6) is -2.48. The van der Waals surface area contributed by atoms with Gasteiger partial charge in [0.1, 0.15) is 17.2 Å². The highest BCUT2D eigenvalue weighted by atomic mass is 79.9. The summed E-state index contributed by atoms with van der Waals surface area (Å²) in [5.41, 5.74) is 0.616. The van der Waals surface area contributed by atoms with Gasteiger partial charge in [-0.05, 0) is 30.5 Å². The molecular weight excluding hydrogens is 340 g/mol. The third-order valence-electron chi connectivity index (χ3n) is 3.00. The van der Waals surface area contributed by atoms with E-state index in [9.17, 15) is 13.6 Å². The average Bonchev–Trinajstić information content (AvgIpc) is 2.43. The Kier molecular flexibility index (Phi) is 5.44. The third-order valence-corrected chi connectivity index (χ3v) is 3.46. The van der Waals surface area contributed by atoms with Gasteiger partial charge in [0.15, 0.2) is 0 Å². The zero-order valence-electron chi connectivity index (χ0n) is 11.2. The van der Waals surface area contributed by atoms with E-state index >= 15 is 0 Å². The number of rotatable bonds is 5. The number of hydrogen-bond donors (Lipinski definition) is 1. The molecule has 0 atom stereocenters. The zero-order chi connectivity index (χ0) is 15.2. The first-order chi connectivity index (χ1) is 10.1. The molecule has 0 aliphatic rings. The molecular formula is C16H14BrF2NO. The van der Waals surface area contributed by atoms with Crippen LogP contribution in [0.1, 0.15) is 22.3 Å². The first-order valence-electron chi connectivity index (χ1n) is 6.54. The molecule has 0 fully saturated rings. The fraction of sp³-hybridized carbons (Fsp3) is 0.188. The van der Waals surface area contributed by atoms with Crippen molar-refractivity contribution < 1.29 is 13.6 Å². The van der Waals surface area contributed by atoms with Crippen molar-refractivity contribution in [3.8, 4) is 0 Å². The molecule has 2 rings (SSSR count). The normalized spacial score (nSPS) is 10.4. The topological polar surface area (TPSA) is 29.1 Å². The highest BCUT2D eigenvalue weighted by molar-refractivity contribution is 9.10. The summed E-state index contributed by atoms with van der Waals surface area (Å²) in [6.45, 7) is 0.364. The van der Waals surface area contributed by atoms with Crippen molar-refractivity contribution in [3.63, 3.8) is 0 Å². The van der Waals surface area contributed by atoms with Gasteiger partial charge in [-0.3, -0.25) is 4.79 Å². The van der Waals surface area contributed by atoms with Crippen LogP contribution in [0.3, 0.4) is 0 Å². The van der Waals surface area contributed by atoms with E-state index in [-0.39, 0.29) is 4.47 Å². The van der Waals surface area contributed by atoms with Gasteiger partial charge in [-0.25, -0.2) is 8.78 Å². The van der Waals surface area contributed by atoms with E-state index in [4.69, 9.17) is 0 Å². The predicted octanol–water partition coefficient (Wildman–Crippen LogP) is 4.09. The van der Waals surface area contributed by atoms with Crippen molar-refractivity contribution in [2.45, 2.75) is 12.8 Å². The van der Waals surface area contributed by atoms with Crippen LogP contribution in [-0.4, -0.2) is 12.5 Å². The Morgan fingerprint density at radius 2 is 1.71 bits per heavy atom. The summed E-state index contributed by atoms with van der Waals surface area (Å²) in [6.07, 6.45) is 1.50. The first kappa shape index (κ1) is 15.6. The summed E-state index contributed by atoms with van der Waals surface area (Å²) in [4.78, 5) is 11.8. The second kappa shape index (κ2) is 7.31. The Balaban J connectivity index is 1.88. The molecule has 5 heteroatoms. The Morgan fingerprint density at radius 1 is 1.10 bits per heavy atom. The van der Waals surface area contributed by atoms with Gasteiger partial charge in [0, 0.05) is 11.0 Å². The molecule has 1 N–H and O–H groups in total. The lowest BCUT2D eigenvalue weighted by atomic mass is 10.1. The Hall–Kier alpha value is -1.75. The van der Waals surface area contributed by atoms with Crippen molar-refractivity contribution in [2.24, 2.45) is 0 Å². The van der Waals surface area contributed by atoms with Crippen LogP contribution in [-0.2, 0) is 6.42 Å². The van der Waals surface area contributed by atoms with Crippen LogP contribution in [0.25, 0.3) is 0 Å². The summed E-state index contributed by atoms with van der Waals surface area (Å²) < 4.78 is 27.5. The molecule has 110 valence electrons. The highest BCUT2D eigenvalue weighted by Crippen LogP contribution is 2.19. The molecule has 0 saturated carbocycles. The molecule has 1 amide bonds. The first-order valence-corrected chi connectivity index (χ1v) is 7.34. The lowest BCUT2D eigenvalue weighted by Crippen LogP contribution is -2.26. The number of aryl methyl sites for hydroxylation is 1. The van der Waals surface area contributed by atoms with Crippen molar-refractivity contribution in [3.05, 3.63) is 69.7 Å². The molecule has 0 spiro atoms. The van der Waals surface area contributed by atoms with Crippen LogP contribution in [0.5, 0.6) is 0 Å². The summed E-state index contributed by atoms with van der Waals surface area (Å²) in [5, 5.41) is 2.54. The van der Waals surface area contributed by atoms with Gasteiger partial charge in [-0.1, -0.05) is 46.3 Å². The maximum absolute atomic E-state index is 13.6. The monoisotopic (exact) mass is 353 g/mol. The fourth-order valence-electron chi connectivity index (χ4n) is 1.99. The van der Waals surface area contributed by atoms with Gasteiger partial charge in [0.05, 0.1) is 0 Å². The molecule has 2 aromatic carbocycles. The van der Waals surface area contributed by atoms with Crippen molar-refractivity contribution in [2.75, 3.05) is 6.54 Å². The highest BCUT2D eigenvalue weighted by Gasteiger charge is 2.17. The van der Waals surface area contributed by atoms with E-state index in [1.165, 1.54) is 0 Å². The number of carbonyl (C=O) groups is 1. The van der Waals surface area contributed by atoms with Crippen molar-refractivity contribution >= 4 is 21.8 Å². The fourth-order valence-corrected chi connectivity index (χ4v) is 2.39. The second-order valence-electron chi connectivity index (χ2n) is 4.59. The molecule has 0 aliphatic heterocycles. The van der Waals surface area contributed by atoms with E-state index in [1.807, 2.05) is 30.3 Å². The lowest BCUT2D eigenvalue weighted by Gasteiger charge is -2.07. The molecule has 0 aliphatic carbocycles. The van der Waals surface area contributed by atoms with E-state index < -0.39 is 23.1 Å². The standard InChI is InChI=1S/C16H14BrF2NO/c17-12-9-13(18)15(14(19)10-12)16(21)20-8-4-7-11-5-2-1-3-6-11/h1-3,5-6,9-10H,4,7-8H2,(H,20,21). The number of carbonyl (C=O) groups excluding carboxylic acids is 1. The quantitative estimate of drug-likeness (QED) is 0.806. The van der Waals surface area contributed by atoms with Crippen LogP contribution < -0.4 is 5.32 Å². The Labute approximate surface area is 130 Å². The molecule has 2 nitrogen and oxygen atoms in total. The molecule has 0 radical (unpaired) electrons. The molecule has 21 heavy (non-hydrogen) atoms. The number of amides is 1. The van der Waals surface area contributed by atoms with Gasteiger partial charge in [-0.15, -0.1) is 0 Å². The molecule has 0 unspecified atom stereocenters. The van der Waals surface area contributed by atoms with Gasteiger partial charge >= 0.3 is 0 Å². The Bertz CT molecular complexity index is 608. The van der Waals surface area contributed by atoms with Crippen molar-refractivity contribution in [1.29, 1.82) is 0 Å². The minimum Gasteiger partial charge on any atom is -0.352 e. The van der Waals surface area contributed by atoms with Crippen LogP contribution in [0, 0.1) is 11.6 Å². The second-order valence-corrected chi connectivity index (χ2v) is 5.51.